The fourth-order valence-electron chi connectivity index (χ4n) is 1.95. The first-order valence-corrected chi connectivity index (χ1v) is 6.19. The number of hydrogen-bond donors (Lipinski definition) is 1. The van der Waals surface area contributed by atoms with Crippen molar-refractivity contribution in [1.29, 1.82) is 0 Å². The van der Waals surface area contributed by atoms with Gasteiger partial charge in [0.2, 0.25) is 0 Å². The van der Waals surface area contributed by atoms with Crippen molar-refractivity contribution in [1.82, 2.24) is 10.2 Å². The van der Waals surface area contributed by atoms with Crippen LogP contribution < -0.4 is 5.32 Å². The molecule has 1 N–H and O–H groups in total. The van der Waals surface area contributed by atoms with Gasteiger partial charge in [-0.25, -0.2) is 9.59 Å². The van der Waals surface area contributed by atoms with Crippen molar-refractivity contribution in [3.05, 3.63) is 0 Å². The van der Waals surface area contributed by atoms with Crippen molar-refractivity contribution in [2.45, 2.75) is 39.2 Å². The minimum Gasteiger partial charge on any atom is -0.467 e. The van der Waals surface area contributed by atoms with Crippen LogP contribution in [0.2, 0.25) is 0 Å². The number of piperidine rings is 1. The summed E-state index contributed by atoms with van der Waals surface area (Å²) in [5.41, 5.74) is 0. The fraction of sp³-hybridized carbons (Fsp3) is 0.833. The lowest BCUT2D eigenvalue weighted by Gasteiger charge is -2.29. The van der Waals surface area contributed by atoms with Crippen LogP contribution in [0.5, 0.6) is 0 Å². The van der Waals surface area contributed by atoms with E-state index in [4.69, 9.17) is 0 Å². The number of likely N-dealkylation sites (tertiary alicyclic amines) is 1. The largest absolute Gasteiger partial charge is 0.467 e. The van der Waals surface area contributed by atoms with E-state index in [2.05, 4.69) is 10.1 Å². The highest BCUT2D eigenvalue weighted by molar-refractivity contribution is 5.83. The first-order valence-electron chi connectivity index (χ1n) is 6.19. The summed E-state index contributed by atoms with van der Waals surface area (Å²) in [6.45, 7) is 5.33. The molecule has 1 aliphatic heterocycles. The molecule has 5 nitrogen and oxygen atoms in total. The van der Waals surface area contributed by atoms with Crippen LogP contribution in [0.15, 0.2) is 0 Å². The van der Waals surface area contributed by atoms with Gasteiger partial charge in [0.1, 0.15) is 6.04 Å². The molecule has 1 heterocycles. The Labute approximate surface area is 102 Å². The van der Waals surface area contributed by atoms with Crippen molar-refractivity contribution in [2.75, 3.05) is 20.2 Å². The molecule has 1 aliphatic rings. The molecule has 1 atom stereocenters. The zero-order valence-corrected chi connectivity index (χ0v) is 10.9. The van der Waals surface area contributed by atoms with Gasteiger partial charge >= 0.3 is 12.0 Å². The predicted octanol–water partition coefficient (Wildman–Crippen LogP) is 1.38. The van der Waals surface area contributed by atoms with Gasteiger partial charge in [0, 0.05) is 13.1 Å². The summed E-state index contributed by atoms with van der Waals surface area (Å²) in [6, 6.07) is -0.719. The number of methoxy groups -OCH3 is 1. The molecule has 17 heavy (non-hydrogen) atoms. The number of urea groups is 1. The van der Waals surface area contributed by atoms with Gasteiger partial charge in [-0.1, -0.05) is 13.8 Å². The van der Waals surface area contributed by atoms with Gasteiger partial charge in [-0.2, -0.15) is 0 Å². The summed E-state index contributed by atoms with van der Waals surface area (Å²) in [5, 5.41) is 2.75. The zero-order valence-electron chi connectivity index (χ0n) is 10.9. The zero-order chi connectivity index (χ0) is 12.8. The molecule has 98 valence electrons. The highest BCUT2D eigenvalue weighted by Gasteiger charge is 2.27. The number of nitrogens with zero attached hydrogens (tertiary/aromatic N) is 1. The molecule has 0 spiro atoms. The van der Waals surface area contributed by atoms with Crippen molar-refractivity contribution in [3.63, 3.8) is 0 Å². The molecule has 1 saturated heterocycles. The molecule has 1 unspecified atom stereocenters. The minimum absolute atomic E-state index is 0.0243. The number of esters is 1. The molecule has 0 aromatic heterocycles. The number of ether oxygens (including phenoxy) is 1. The average molecular weight is 242 g/mol. The lowest BCUT2D eigenvalue weighted by molar-refractivity contribution is -0.144. The van der Waals surface area contributed by atoms with Crippen LogP contribution in [0.3, 0.4) is 0 Å². The van der Waals surface area contributed by atoms with Crippen LogP contribution >= 0.6 is 0 Å². The maximum atomic E-state index is 11.9. The van der Waals surface area contributed by atoms with Crippen molar-refractivity contribution in [2.24, 2.45) is 5.92 Å². The molecule has 0 aromatic rings. The second kappa shape index (κ2) is 6.47. The van der Waals surface area contributed by atoms with Gasteiger partial charge in [0.05, 0.1) is 7.11 Å². The third kappa shape index (κ3) is 3.91. The van der Waals surface area contributed by atoms with E-state index in [1.54, 1.807) is 4.90 Å². The number of carbonyl (C=O) groups excluding carboxylic acids is 2. The van der Waals surface area contributed by atoms with E-state index in [1.807, 2.05) is 13.8 Å². The molecule has 0 aromatic carbocycles. The fourth-order valence-corrected chi connectivity index (χ4v) is 1.95. The third-order valence-corrected chi connectivity index (χ3v) is 3.04. The van der Waals surface area contributed by atoms with E-state index in [-0.39, 0.29) is 17.9 Å². The predicted molar refractivity (Wildman–Crippen MR) is 64.6 cm³/mol. The Balaban J connectivity index is 2.54. The van der Waals surface area contributed by atoms with Gasteiger partial charge in [-0.3, -0.25) is 0 Å². The molecule has 0 aliphatic carbocycles. The number of amides is 2. The van der Waals surface area contributed by atoms with E-state index >= 15 is 0 Å². The smallest absolute Gasteiger partial charge is 0.328 e. The highest BCUT2D eigenvalue weighted by Crippen LogP contribution is 2.10. The van der Waals surface area contributed by atoms with Crippen molar-refractivity contribution < 1.29 is 14.3 Å². The average Bonchev–Trinajstić information content (AvgIpc) is 2.35. The normalized spacial score (nSPS) is 17.8. The Morgan fingerprint density at radius 3 is 2.24 bits per heavy atom. The van der Waals surface area contributed by atoms with Crippen LogP contribution in [0.1, 0.15) is 33.1 Å². The maximum absolute atomic E-state index is 11.9. The third-order valence-electron chi connectivity index (χ3n) is 3.04. The summed E-state index contributed by atoms with van der Waals surface area (Å²) in [7, 11) is 1.34. The Kier molecular flexibility index (Phi) is 5.25. The molecule has 2 amide bonds. The molecule has 1 fully saturated rings. The van der Waals surface area contributed by atoms with Crippen LogP contribution in [0.25, 0.3) is 0 Å². The number of nitrogens with one attached hydrogen (secondary N) is 1. The molecule has 0 bridgehead atoms. The van der Waals surface area contributed by atoms with E-state index in [9.17, 15) is 9.59 Å². The standard InChI is InChI=1S/C12H22N2O3/c1-9(2)10(11(15)17-3)13-12(16)14-7-5-4-6-8-14/h9-10H,4-8H2,1-3H3,(H,13,16). The van der Waals surface area contributed by atoms with E-state index in [1.165, 1.54) is 13.5 Å². The number of hydrogen-bond acceptors (Lipinski definition) is 3. The van der Waals surface area contributed by atoms with Gasteiger partial charge < -0.3 is 15.0 Å². The van der Waals surface area contributed by atoms with Crippen molar-refractivity contribution in [3.8, 4) is 0 Å². The lowest BCUT2D eigenvalue weighted by Crippen LogP contribution is -2.51. The summed E-state index contributed by atoms with van der Waals surface area (Å²) in [4.78, 5) is 25.2. The van der Waals surface area contributed by atoms with Gasteiger partial charge in [0.25, 0.3) is 0 Å². The van der Waals surface area contributed by atoms with Crippen LogP contribution in [0, 0.1) is 5.92 Å². The molecule has 0 radical (unpaired) electrons. The summed E-state index contributed by atoms with van der Waals surface area (Å²) in [5.74, 6) is -0.360. The lowest BCUT2D eigenvalue weighted by atomic mass is 10.0. The Bertz CT molecular complexity index is 273. The monoisotopic (exact) mass is 242 g/mol. The van der Waals surface area contributed by atoms with Gasteiger partial charge in [-0.15, -0.1) is 0 Å². The van der Waals surface area contributed by atoms with Crippen LogP contribution in [-0.2, 0) is 9.53 Å². The Morgan fingerprint density at radius 2 is 1.76 bits per heavy atom. The quantitative estimate of drug-likeness (QED) is 0.761. The van der Waals surface area contributed by atoms with E-state index in [0.29, 0.717) is 0 Å². The molecule has 5 heteroatoms. The Morgan fingerprint density at radius 1 is 1.18 bits per heavy atom. The summed E-state index contributed by atoms with van der Waals surface area (Å²) < 4.78 is 4.69. The second-order valence-electron chi connectivity index (χ2n) is 4.74. The van der Waals surface area contributed by atoms with E-state index in [0.717, 1.165) is 25.9 Å². The maximum Gasteiger partial charge on any atom is 0.328 e. The first-order chi connectivity index (χ1) is 8.06. The topological polar surface area (TPSA) is 58.6 Å². The highest BCUT2D eigenvalue weighted by atomic mass is 16.5. The molecular weight excluding hydrogens is 220 g/mol. The summed E-state index contributed by atoms with van der Waals surface area (Å²) >= 11 is 0. The van der Waals surface area contributed by atoms with Gasteiger partial charge in [-0.05, 0) is 25.2 Å². The van der Waals surface area contributed by atoms with Gasteiger partial charge in [0.15, 0.2) is 0 Å². The van der Waals surface area contributed by atoms with Crippen molar-refractivity contribution >= 4 is 12.0 Å². The molecule has 0 saturated carbocycles. The van der Waals surface area contributed by atoms with E-state index < -0.39 is 6.04 Å². The minimum atomic E-state index is -0.561. The van der Waals surface area contributed by atoms with Crippen LogP contribution in [-0.4, -0.2) is 43.1 Å². The SMILES string of the molecule is COC(=O)C(NC(=O)N1CCCCC1)C(C)C. The first kappa shape index (κ1) is 13.8. The number of rotatable bonds is 3. The Hall–Kier alpha value is -1.26. The summed E-state index contributed by atoms with van der Waals surface area (Å²) in [6.07, 6.45) is 3.25. The van der Waals surface area contributed by atoms with Crippen LogP contribution in [0.4, 0.5) is 4.79 Å². The molecular formula is C12H22N2O3. The second-order valence-corrected chi connectivity index (χ2v) is 4.74. The number of carbonyl (C=O) groups is 2. The molecule has 1 rings (SSSR count).